The molecule has 0 spiro atoms. The van der Waals surface area contributed by atoms with Gasteiger partial charge in [0.25, 0.3) is 0 Å². The van der Waals surface area contributed by atoms with E-state index in [-0.39, 0.29) is 6.54 Å². The van der Waals surface area contributed by atoms with Crippen LogP contribution in [-0.4, -0.2) is 17.6 Å². The molecule has 0 aromatic rings. The summed E-state index contributed by atoms with van der Waals surface area (Å²) in [4.78, 5) is 11.0. The van der Waals surface area contributed by atoms with E-state index in [2.05, 4.69) is 6.92 Å². The molecule has 0 radical (unpaired) electrons. The van der Waals surface area contributed by atoms with Gasteiger partial charge in [-0.1, -0.05) is 51.9 Å². The number of unbranched alkanes of at least 4 members (excludes halogenated alkanes) is 6. The van der Waals surface area contributed by atoms with Crippen LogP contribution in [0.4, 0.5) is 0 Å². The fourth-order valence-electron chi connectivity index (χ4n) is 1.77. The molecule has 1 unspecified atom stereocenters. The van der Waals surface area contributed by atoms with Gasteiger partial charge in [0.05, 0.1) is 5.41 Å². The van der Waals surface area contributed by atoms with Gasteiger partial charge in [0.2, 0.25) is 0 Å². The molecule has 16 heavy (non-hydrogen) atoms. The van der Waals surface area contributed by atoms with Gasteiger partial charge in [0, 0.05) is 6.54 Å². The second-order valence-electron chi connectivity index (χ2n) is 4.94. The Labute approximate surface area is 99.4 Å². The predicted molar refractivity (Wildman–Crippen MR) is 67.4 cm³/mol. The van der Waals surface area contributed by atoms with E-state index in [1.807, 2.05) is 0 Å². The van der Waals surface area contributed by atoms with Crippen molar-refractivity contribution in [3.63, 3.8) is 0 Å². The molecule has 0 saturated carbocycles. The normalized spacial score (nSPS) is 14.7. The van der Waals surface area contributed by atoms with E-state index in [1.165, 1.54) is 32.1 Å². The van der Waals surface area contributed by atoms with E-state index >= 15 is 0 Å². The Morgan fingerprint density at radius 1 is 1.12 bits per heavy atom. The minimum Gasteiger partial charge on any atom is -0.481 e. The highest BCUT2D eigenvalue weighted by Gasteiger charge is 2.30. The molecule has 3 N–H and O–H groups in total. The highest BCUT2D eigenvalue weighted by Crippen LogP contribution is 2.23. The zero-order valence-corrected chi connectivity index (χ0v) is 10.8. The summed E-state index contributed by atoms with van der Waals surface area (Å²) < 4.78 is 0. The van der Waals surface area contributed by atoms with Crippen LogP contribution in [0.5, 0.6) is 0 Å². The number of carboxylic acids is 1. The molecule has 0 aliphatic carbocycles. The summed E-state index contributed by atoms with van der Waals surface area (Å²) in [6, 6.07) is 0. The average Bonchev–Trinajstić information content (AvgIpc) is 2.27. The second kappa shape index (κ2) is 8.57. The number of carbonyl (C=O) groups is 1. The van der Waals surface area contributed by atoms with Crippen LogP contribution in [-0.2, 0) is 4.79 Å². The van der Waals surface area contributed by atoms with E-state index in [1.54, 1.807) is 6.92 Å². The Balaban J connectivity index is 3.53. The molecular weight excluding hydrogens is 202 g/mol. The van der Waals surface area contributed by atoms with Crippen molar-refractivity contribution in [1.29, 1.82) is 0 Å². The zero-order valence-electron chi connectivity index (χ0n) is 10.8. The van der Waals surface area contributed by atoms with E-state index in [9.17, 15) is 4.79 Å². The minimum absolute atomic E-state index is 0.234. The van der Waals surface area contributed by atoms with Crippen LogP contribution in [0.1, 0.15) is 65.2 Å². The Morgan fingerprint density at radius 3 is 2.06 bits per heavy atom. The van der Waals surface area contributed by atoms with Crippen LogP contribution in [0.2, 0.25) is 0 Å². The summed E-state index contributed by atoms with van der Waals surface area (Å²) >= 11 is 0. The SMILES string of the molecule is CCCCCCCCCC(C)(CN)C(=O)O. The van der Waals surface area contributed by atoms with Gasteiger partial charge in [0.15, 0.2) is 0 Å². The summed E-state index contributed by atoms with van der Waals surface area (Å²) in [6.45, 7) is 4.18. The lowest BCUT2D eigenvalue weighted by molar-refractivity contribution is -0.147. The number of aliphatic carboxylic acids is 1. The van der Waals surface area contributed by atoms with Crippen LogP contribution in [0.25, 0.3) is 0 Å². The van der Waals surface area contributed by atoms with Crippen molar-refractivity contribution in [3.8, 4) is 0 Å². The fourth-order valence-corrected chi connectivity index (χ4v) is 1.77. The predicted octanol–water partition coefficient (Wildman–Crippen LogP) is 3.18. The third-order valence-corrected chi connectivity index (χ3v) is 3.30. The smallest absolute Gasteiger partial charge is 0.310 e. The maximum atomic E-state index is 11.0. The summed E-state index contributed by atoms with van der Waals surface area (Å²) in [5, 5.41) is 9.03. The third-order valence-electron chi connectivity index (χ3n) is 3.30. The van der Waals surface area contributed by atoms with Crippen LogP contribution >= 0.6 is 0 Å². The first kappa shape index (κ1) is 15.4. The Hall–Kier alpha value is -0.570. The second-order valence-corrected chi connectivity index (χ2v) is 4.94. The molecule has 0 aliphatic heterocycles. The van der Waals surface area contributed by atoms with E-state index in [0.717, 1.165) is 12.8 Å². The number of nitrogens with two attached hydrogens (primary N) is 1. The highest BCUT2D eigenvalue weighted by atomic mass is 16.4. The summed E-state index contributed by atoms with van der Waals surface area (Å²) in [5.41, 5.74) is 4.79. The van der Waals surface area contributed by atoms with Gasteiger partial charge in [-0.25, -0.2) is 0 Å². The summed E-state index contributed by atoms with van der Waals surface area (Å²) in [6.07, 6.45) is 9.20. The van der Waals surface area contributed by atoms with Crippen LogP contribution in [0, 0.1) is 5.41 Å². The molecule has 3 nitrogen and oxygen atoms in total. The van der Waals surface area contributed by atoms with Crippen molar-refractivity contribution in [1.82, 2.24) is 0 Å². The molecule has 0 saturated heterocycles. The molecular formula is C13H27NO2. The van der Waals surface area contributed by atoms with Crippen molar-refractivity contribution < 1.29 is 9.90 Å². The fraction of sp³-hybridized carbons (Fsp3) is 0.923. The maximum Gasteiger partial charge on any atom is 0.310 e. The quantitative estimate of drug-likeness (QED) is 0.565. The molecule has 0 aliphatic rings. The molecule has 1 atom stereocenters. The number of hydrogen-bond acceptors (Lipinski definition) is 2. The van der Waals surface area contributed by atoms with E-state index in [4.69, 9.17) is 10.8 Å². The molecule has 0 fully saturated rings. The molecule has 3 heteroatoms. The number of carboxylic acid groups (broad SMARTS) is 1. The third kappa shape index (κ3) is 6.11. The van der Waals surface area contributed by atoms with Gasteiger partial charge < -0.3 is 10.8 Å². The van der Waals surface area contributed by atoms with Crippen LogP contribution in [0.3, 0.4) is 0 Å². The Morgan fingerprint density at radius 2 is 1.62 bits per heavy atom. The lowest BCUT2D eigenvalue weighted by atomic mass is 9.85. The van der Waals surface area contributed by atoms with Crippen LogP contribution < -0.4 is 5.73 Å². The lowest BCUT2D eigenvalue weighted by Gasteiger charge is -2.22. The van der Waals surface area contributed by atoms with Crippen molar-refractivity contribution in [2.75, 3.05) is 6.54 Å². The monoisotopic (exact) mass is 229 g/mol. The Kier molecular flexibility index (Phi) is 8.26. The van der Waals surface area contributed by atoms with Crippen molar-refractivity contribution in [3.05, 3.63) is 0 Å². The first-order valence-electron chi connectivity index (χ1n) is 6.50. The molecule has 0 aromatic carbocycles. The van der Waals surface area contributed by atoms with Gasteiger partial charge in [0.1, 0.15) is 0 Å². The van der Waals surface area contributed by atoms with Gasteiger partial charge >= 0.3 is 5.97 Å². The van der Waals surface area contributed by atoms with Gasteiger partial charge in [-0.05, 0) is 13.3 Å². The van der Waals surface area contributed by atoms with Gasteiger partial charge in [-0.3, -0.25) is 4.79 Å². The lowest BCUT2D eigenvalue weighted by Crippen LogP contribution is -2.35. The molecule has 96 valence electrons. The van der Waals surface area contributed by atoms with E-state index < -0.39 is 11.4 Å². The molecule has 0 heterocycles. The molecule has 0 bridgehead atoms. The van der Waals surface area contributed by atoms with Crippen molar-refractivity contribution >= 4 is 5.97 Å². The van der Waals surface area contributed by atoms with E-state index in [0.29, 0.717) is 6.42 Å². The number of rotatable bonds is 10. The average molecular weight is 229 g/mol. The summed E-state index contributed by atoms with van der Waals surface area (Å²) in [7, 11) is 0. The van der Waals surface area contributed by atoms with Gasteiger partial charge in [-0.2, -0.15) is 0 Å². The van der Waals surface area contributed by atoms with Crippen LogP contribution in [0.15, 0.2) is 0 Å². The molecule has 0 rings (SSSR count). The van der Waals surface area contributed by atoms with Crippen molar-refractivity contribution in [2.24, 2.45) is 11.1 Å². The first-order valence-corrected chi connectivity index (χ1v) is 6.50. The summed E-state index contributed by atoms with van der Waals surface area (Å²) in [5.74, 6) is -0.763. The maximum absolute atomic E-state index is 11.0. The Bertz CT molecular complexity index is 194. The molecule has 0 aromatic heterocycles. The van der Waals surface area contributed by atoms with Crippen molar-refractivity contribution in [2.45, 2.75) is 65.2 Å². The standard InChI is InChI=1S/C13H27NO2/c1-3-4-5-6-7-8-9-10-13(2,11-14)12(15)16/h3-11,14H2,1-2H3,(H,15,16). The highest BCUT2D eigenvalue weighted by molar-refractivity contribution is 5.74. The minimum atomic E-state index is -0.763. The first-order chi connectivity index (χ1) is 7.56. The molecule has 0 amide bonds. The largest absolute Gasteiger partial charge is 0.481 e. The van der Waals surface area contributed by atoms with Gasteiger partial charge in [-0.15, -0.1) is 0 Å². The zero-order chi connectivity index (χ0) is 12.4. The number of hydrogen-bond donors (Lipinski definition) is 2. The topological polar surface area (TPSA) is 63.3 Å².